The molecule has 0 unspecified atom stereocenters. The van der Waals surface area contributed by atoms with Crippen LogP contribution in [0.1, 0.15) is 20.8 Å². The fraction of sp³-hybridized carbons (Fsp3) is 0.700. The zero-order chi connectivity index (χ0) is 11.3. The second kappa shape index (κ2) is 5.78. The minimum absolute atomic E-state index is 0.489. The Morgan fingerprint density at radius 3 is 2.14 bits per heavy atom. The van der Waals surface area contributed by atoms with Gasteiger partial charge in [-0.2, -0.15) is 0 Å². The Balaban J connectivity index is 4.37. The Kier molecular flexibility index (Phi) is 5.42. The van der Waals surface area contributed by atoms with Crippen molar-refractivity contribution >= 4 is 5.97 Å². The second-order valence-corrected chi connectivity index (χ2v) is 3.49. The van der Waals surface area contributed by atoms with Crippen molar-refractivity contribution in [2.24, 2.45) is 11.8 Å². The van der Waals surface area contributed by atoms with Crippen molar-refractivity contribution in [1.29, 1.82) is 0 Å². The Bertz CT molecular complexity index is 212. The van der Waals surface area contributed by atoms with Gasteiger partial charge in [0.05, 0.1) is 18.1 Å². The van der Waals surface area contributed by atoms with Gasteiger partial charge in [0.1, 0.15) is 0 Å². The van der Waals surface area contributed by atoms with E-state index < -0.39 is 30.0 Å². The number of hydrogen-bond acceptors (Lipinski definition) is 3. The summed E-state index contributed by atoms with van der Waals surface area (Å²) in [6.07, 6.45) is 1.34. The maximum atomic E-state index is 10.6. The summed E-state index contributed by atoms with van der Waals surface area (Å²) in [6.45, 7) is 4.80. The van der Waals surface area contributed by atoms with Gasteiger partial charge in [0, 0.05) is 5.92 Å². The Labute approximate surface area is 83.9 Å². The smallest absolute Gasteiger partial charge is 0.308 e. The fourth-order valence-corrected chi connectivity index (χ4v) is 1.18. The zero-order valence-corrected chi connectivity index (χ0v) is 8.71. The summed E-state index contributed by atoms with van der Waals surface area (Å²) >= 11 is 0. The molecule has 0 aromatic carbocycles. The minimum Gasteiger partial charge on any atom is -0.481 e. The molecule has 0 heterocycles. The maximum absolute atomic E-state index is 10.6. The van der Waals surface area contributed by atoms with Crippen LogP contribution in [-0.4, -0.2) is 33.5 Å². The summed E-state index contributed by atoms with van der Waals surface area (Å²) in [4.78, 5) is 10.6. The molecule has 14 heavy (non-hydrogen) atoms. The lowest BCUT2D eigenvalue weighted by molar-refractivity contribution is -0.146. The van der Waals surface area contributed by atoms with E-state index in [9.17, 15) is 15.0 Å². The highest BCUT2D eigenvalue weighted by molar-refractivity contribution is 5.70. The third-order valence-electron chi connectivity index (χ3n) is 2.37. The normalized spacial score (nSPS) is 20.4. The van der Waals surface area contributed by atoms with Gasteiger partial charge in [0.2, 0.25) is 0 Å². The standard InChI is InChI=1S/C10H18O4/c1-4-5-8(11)6(2)9(12)7(3)10(13)14/h4-9,11-12H,1-3H3,(H,13,14)/b5-4+/t6-,7-,8-,9+/m1/s1. The fourth-order valence-electron chi connectivity index (χ4n) is 1.18. The van der Waals surface area contributed by atoms with Crippen molar-refractivity contribution in [3.05, 3.63) is 12.2 Å². The average Bonchev–Trinajstić information content (AvgIpc) is 2.14. The monoisotopic (exact) mass is 202 g/mol. The van der Waals surface area contributed by atoms with E-state index in [4.69, 9.17) is 5.11 Å². The van der Waals surface area contributed by atoms with E-state index in [1.165, 1.54) is 13.0 Å². The van der Waals surface area contributed by atoms with Crippen LogP contribution in [0.5, 0.6) is 0 Å². The van der Waals surface area contributed by atoms with Crippen molar-refractivity contribution in [3.63, 3.8) is 0 Å². The molecule has 0 amide bonds. The number of aliphatic hydroxyl groups excluding tert-OH is 2. The lowest BCUT2D eigenvalue weighted by atomic mass is 9.89. The van der Waals surface area contributed by atoms with Crippen LogP contribution >= 0.6 is 0 Å². The summed E-state index contributed by atoms with van der Waals surface area (Å²) in [5.41, 5.74) is 0. The van der Waals surface area contributed by atoms with Gasteiger partial charge in [-0.1, -0.05) is 19.1 Å². The molecule has 4 heteroatoms. The first-order valence-electron chi connectivity index (χ1n) is 4.63. The number of carboxylic acid groups (broad SMARTS) is 1. The molecule has 0 radical (unpaired) electrons. The number of carbonyl (C=O) groups is 1. The highest BCUT2D eigenvalue weighted by Gasteiger charge is 2.29. The number of aliphatic hydroxyl groups is 2. The first kappa shape index (κ1) is 13.1. The van der Waals surface area contributed by atoms with E-state index in [0.29, 0.717) is 0 Å². The zero-order valence-electron chi connectivity index (χ0n) is 8.71. The SMILES string of the molecule is C/C=C/[C@@H](O)[C@@H](C)[C@H](O)[C@@H](C)C(=O)O. The molecule has 0 spiro atoms. The van der Waals surface area contributed by atoms with Gasteiger partial charge in [0.15, 0.2) is 0 Å². The average molecular weight is 202 g/mol. The second-order valence-electron chi connectivity index (χ2n) is 3.49. The number of hydrogen-bond donors (Lipinski definition) is 3. The van der Waals surface area contributed by atoms with Gasteiger partial charge in [0.25, 0.3) is 0 Å². The molecule has 0 rings (SSSR count). The van der Waals surface area contributed by atoms with Crippen molar-refractivity contribution in [2.45, 2.75) is 33.0 Å². The molecule has 4 atom stereocenters. The molecule has 4 nitrogen and oxygen atoms in total. The van der Waals surface area contributed by atoms with Crippen molar-refractivity contribution < 1.29 is 20.1 Å². The van der Waals surface area contributed by atoms with Gasteiger partial charge >= 0.3 is 5.97 Å². The molecule has 0 aliphatic heterocycles. The first-order chi connectivity index (χ1) is 6.41. The first-order valence-corrected chi connectivity index (χ1v) is 4.63. The largest absolute Gasteiger partial charge is 0.481 e. The Hall–Kier alpha value is -0.870. The Morgan fingerprint density at radius 1 is 1.29 bits per heavy atom. The summed E-state index contributed by atoms with van der Waals surface area (Å²) < 4.78 is 0. The minimum atomic E-state index is -1.06. The summed E-state index contributed by atoms with van der Waals surface area (Å²) in [5.74, 6) is -2.42. The molecule has 82 valence electrons. The lowest BCUT2D eigenvalue weighted by Crippen LogP contribution is -2.36. The highest BCUT2D eigenvalue weighted by Crippen LogP contribution is 2.17. The van der Waals surface area contributed by atoms with E-state index in [2.05, 4.69) is 0 Å². The third kappa shape index (κ3) is 3.47. The third-order valence-corrected chi connectivity index (χ3v) is 2.37. The predicted octanol–water partition coefficient (Wildman–Crippen LogP) is 0.641. The number of allylic oxidation sites excluding steroid dienone is 1. The summed E-state index contributed by atoms with van der Waals surface area (Å²) in [6, 6.07) is 0. The topological polar surface area (TPSA) is 77.8 Å². The quantitative estimate of drug-likeness (QED) is 0.572. The van der Waals surface area contributed by atoms with E-state index >= 15 is 0 Å². The molecule has 0 aliphatic rings. The molecule has 0 aromatic heterocycles. The predicted molar refractivity (Wildman–Crippen MR) is 52.8 cm³/mol. The Morgan fingerprint density at radius 2 is 1.79 bits per heavy atom. The van der Waals surface area contributed by atoms with Crippen LogP contribution < -0.4 is 0 Å². The molecular formula is C10H18O4. The van der Waals surface area contributed by atoms with Crippen LogP contribution in [0.25, 0.3) is 0 Å². The molecule has 0 fully saturated rings. The summed E-state index contributed by atoms with van der Waals surface area (Å²) in [5, 5.41) is 27.7. The van der Waals surface area contributed by atoms with Gasteiger partial charge in [-0.05, 0) is 13.8 Å². The van der Waals surface area contributed by atoms with Crippen molar-refractivity contribution in [1.82, 2.24) is 0 Å². The molecular weight excluding hydrogens is 184 g/mol. The number of carboxylic acids is 1. The number of rotatable bonds is 5. The van der Waals surface area contributed by atoms with Gasteiger partial charge in [-0.3, -0.25) is 4.79 Å². The molecule has 0 bridgehead atoms. The highest BCUT2D eigenvalue weighted by atomic mass is 16.4. The van der Waals surface area contributed by atoms with Gasteiger partial charge in [-0.25, -0.2) is 0 Å². The van der Waals surface area contributed by atoms with Crippen LogP contribution in [0.15, 0.2) is 12.2 Å². The van der Waals surface area contributed by atoms with Crippen LogP contribution in [0.4, 0.5) is 0 Å². The number of aliphatic carboxylic acids is 1. The van der Waals surface area contributed by atoms with Crippen LogP contribution in [0.3, 0.4) is 0 Å². The van der Waals surface area contributed by atoms with Crippen molar-refractivity contribution in [2.75, 3.05) is 0 Å². The molecule has 0 saturated heterocycles. The maximum Gasteiger partial charge on any atom is 0.308 e. The molecule has 3 N–H and O–H groups in total. The van der Waals surface area contributed by atoms with Gasteiger partial charge in [-0.15, -0.1) is 0 Å². The molecule has 0 saturated carbocycles. The van der Waals surface area contributed by atoms with Crippen LogP contribution in [0, 0.1) is 11.8 Å². The van der Waals surface area contributed by atoms with Crippen molar-refractivity contribution in [3.8, 4) is 0 Å². The van der Waals surface area contributed by atoms with E-state index in [1.807, 2.05) is 0 Å². The molecule has 0 aliphatic carbocycles. The van der Waals surface area contributed by atoms with Gasteiger partial charge < -0.3 is 15.3 Å². The van der Waals surface area contributed by atoms with E-state index in [-0.39, 0.29) is 0 Å². The van der Waals surface area contributed by atoms with Crippen LogP contribution in [0.2, 0.25) is 0 Å². The molecule has 0 aromatic rings. The summed E-state index contributed by atoms with van der Waals surface area (Å²) in [7, 11) is 0. The lowest BCUT2D eigenvalue weighted by Gasteiger charge is -2.24. The van der Waals surface area contributed by atoms with E-state index in [1.54, 1.807) is 19.9 Å². The van der Waals surface area contributed by atoms with E-state index in [0.717, 1.165) is 0 Å². The van der Waals surface area contributed by atoms with Crippen LogP contribution in [-0.2, 0) is 4.79 Å².